The van der Waals surface area contributed by atoms with E-state index in [1.54, 1.807) is 0 Å². The van der Waals surface area contributed by atoms with Gasteiger partial charge in [-0.15, -0.1) is 0 Å². The third-order valence-electron chi connectivity index (χ3n) is 4.23. The Balaban J connectivity index is 1.51. The minimum Gasteiger partial charge on any atom is -0.348 e. The zero-order chi connectivity index (χ0) is 16.8. The number of nitrogens with zero attached hydrogens (tertiary/aromatic N) is 1. The summed E-state index contributed by atoms with van der Waals surface area (Å²) in [5, 5.41) is 3.65. The number of carbonyl (C=O) groups excluding carboxylic acids is 1. The van der Waals surface area contributed by atoms with E-state index < -0.39 is 0 Å². The maximum absolute atomic E-state index is 12.3. The molecule has 0 radical (unpaired) electrons. The van der Waals surface area contributed by atoms with Crippen molar-refractivity contribution in [3.8, 4) is 0 Å². The van der Waals surface area contributed by atoms with Crippen LogP contribution in [0.15, 0.2) is 66.2 Å². The Labute approximate surface area is 147 Å². The number of amides is 1. The molecule has 124 valence electrons. The summed E-state index contributed by atoms with van der Waals surface area (Å²) in [4.78, 5) is 14.7. The van der Waals surface area contributed by atoms with Crippen molar-refractivity contribution in [2.45, 2.75) is 19.5 Å². The van der Waals surface area contributed by atoms with Crippen molar-refractivity contribution in [1.29, 1.82) is 0 Å². The molecule has 0 spiro atoms. The Morgan fingerprint density at radius 2 is 1.83 bits per heavy atom. The van der Waals surface area contributed by atoms with Crippen LogP contribution < -0.4 is 5.32 Å². The first kappa shape index (κ1) is 16.7. The first-order valence-corrected chi connectivity index (χ1v) is 8.57. The van der Waals surface area contributed by atoms with Gasteiger partial charge in [-0.3, -0.25) is 9.69 Å². The van der Waals surface area contributed by atoms with Gasteiger partial charge in [0.15, 0.2) is 0 Å². The number of halogens is 1. The Kier molecular flexibility index (Phi) is 5.68. The lowest BCUT2D eigenvalue weighted by Crippen LogP contribution is -2.33. The van der Waals surface area contributed by atoms with E-state index in [1.807, 2.05) is 36.4 Å². The maximum atomic E-state index is 12.3. The number of nitrogens with one attached hydrogen (secondary N) is 1. The number of hydrogen-bond donors (Lipinski definition) is 1. The zero-order valence-corrected chi connectivity index (χ0v) is 14.3. The summed E-state index contributed by atoms with van der Waals surface area (Å²) in [6, 6.07) is 18.0. The minimum atomic E-state index is 0.00859. The van der Waals surface area contributed by atoms with Gasteiger partial charge in [0.05, 0.1) is 0 Å². The second-order valence-corrected chi connectivity index (χ2v) is 6.38. The second-order valence-electron chi connectivity index (χ2n) is 5.97. The Morgan fingerprint density at radius 1 is 1.08 bits per heavy atom. The molecular weight excluding hydrogens is 320 g/mol. The van der Waals surface area contributed by atoms with Gasteiger partial charge in [0.1, 0.15) is 0 Å². The molecule has 1 heterocycles. The van der Waals surface area contributed by atoms with Gasteiger partial charge in [0.25, 0.3) is 0 Å². The number of hydrogen-bond acceptors (Lipinski definition) is 2. The maximum Gasteiger partial charge on any atom is 0.247 e. The largest absolute Gasteiger partial charge is 0.348 e. The van der Waals surface area contributed by atoms with Crippen LogP contribution >= 0.6 is 11.6 Å². The lowest BCUT2D eigenvalue weighted by molar-refractivity contribution is -0.117. The zero-order valence-electron chi connectivity index (χ0n) is 13.5. The van der Waals surface area contributed by atoms with Crippen molar-refractivity contribution in [2.75, 3.05) is 13.1 Å². The van der Waals surface area contributed by atoms with Gasteiger partial charge >= 0.3 is 0 Å². The van der Waals surface area contributed by atoms with Crippen molar-refractivity contribution in [1.82, 2.24) is 10.2 Å². The molecule has 0 atom stereocenters. The highest BCUT2D eigenvalue weighted by Crippen LogP contribution is 2.16. The first-order chi connectivity index (χ1) is 11.7. The standard InChI is InChI=1S/C20H21ClN2O/c21-19-9-5-4-8-18(19)14-22-20(24)17-10-12-23(13-11-17)15-16-6-2-1-3-7-16/h1-10H,11-15H2,(H,22,24). The molecule has 1 N–H and O–H groups in total. The van der Waals surface area contributed by atoms with Crippen LogP contribution in [0.3, 0.4) is 0 Å². The molecule has 2 aromatic rings. The van der Waals surface area contributed by atoms with Crippen LogP contribution in [0.2, 0.25) is 5.02 Å². The van der Waals surface area contributed by atoms with E-state index in [-0.39, 0.29) is 5.91 Å². The predicted octanol–water partition coefficient (Wildman–Crippen LogP) is 3.79. The molecule has 0 unspecified atom stereocenters. The van der Waals surface area contributed by atoms with E-state index in [1.165, 1.54) is 5.56 Å². The molecule has 3 rings (SSSR count). The van der Waals surface area contributed by atoms with Crippen LogP contribution in [0.4, 0.5) is 0 Å². The number of benzene rings is 2. The molecule has 2 aromatic carbocycles. The minimum absolute atomic E-state index is 0.00859. The van der Waals surface area contributed by atoms with E-state index in [2.05, 4.69) is 34.5 Å². The number of carbonyl (C=O) groups is 1. The van der Waals surface area contributed by atoms with Crippen LogP contribution in [-0.2, 0) is 17.9 Å². The lowest BCUT2D eigenvalue weighted by atomic mass is 10.1. The third-order valence-corrected chi connectivity index (χ3v) is 4.60. The molecular formula is C20H21ClN2O. The topological polar surface area (TPSA) is 32.3 Å². The monoisotopic (exact) mass is 340 g/mol. The summed E-state index contributed by atoms with van der Waals surface area (Å²) < 4.78 is 0. The van der Waals surface area contributed by atoms with E-state index in [4.69, 9.17) is 11.6 Å². The summed E-state index contributed by atoms with van der Waals surface area (Å²) in [6.45, 7) is 3.10. The normalized spacial score (nSPS) is 15.0. The molecule has 0 aromatic heterocycles. The average Bonchev–Trinajstić information content (AvgIpc) is 2.62. The van der Waals surface area contributed by atoms with Gasteiger partial charge < -0.3 is 5.32 Å². The Bertz CT molecular complexity index is 727. The van der Waals surface area contributed by atoms with E-state index >= 15 is 0 Å². The summed E-state index contributed by atoms with van der Waals surface area (Å²) in [5.74, 6) is 0.00859. The quantitative estimate of drug-likeness (QED) is 0.898. The molecule has 0 saturated heterocycles. The van der Waals surface area contributed by atoms with Crippen molar-refractivity contribution in [2.24, 2.45) is 0 Å². The highest BCUT2D eigenvalue weighted by molar-refractivity contribution is 6.31. The Morgan fingerprint density at radius 3 is 2.54 bits per heavy atom. The highest BCUT2D eigenvalue weighted by atomic mass is 35.5. The Hall–Kier alpha value is -2.10. The molecule has 0 bridgehead atoms. The molecule has 1 aliphatic rings. The van der Waals surface area contributed by atoms with Crippen molar-refractivity contribution in [3.63, 3.8) is 0 Å². The van der Waals surface area contributed by atoms with Crippen LogP contribution in [0.1, 0.15) is 17.5 Å². The van der Waals surface area contributed by atoms with Gasteiger partial charge in [-0.2, -0.15) is 0 Å². The fourth-order valence-electron chi connectivity index (χ4n) is 2.83. The van der Waals surface area contributed by atoms with Crippen LogP contribution in [0, 0.1) is 0 Å². The number of rotatable bonds is 5. The van der Waals surface area contributed by atoms with Gasteiger partial charge in [-0.05, 0) is 23.6 Å². The summed E-state index contributed by atoms with van der Waals surface area (Å²) in [6.07, 6.45) is 2.82. The van der Waals surface area contributed by atoms with E-state index in [9.17, 15) is 4.79 Å². The molecule has 1 aliphatic heterocycles. The molecule has 0 aliphatic carbocycles. The molecule has 24 heavy (non-hydrogen) atoms. The fourth-order valence-corrected chi connectivity index (χ4v) is 3.04. The van der Waals surface area contributed by atoms with Crippen LogP contribution in [0.25, 0.3) is 0 Å². The smallest absolute Gasteiger partial charge is 0.247 e. The molecule has 1 amide bonds. The van der Waals surface area contributed by atoms with Crippen molar-refractivity contribution < 1.29 is 4.79 Å². The van der Waals surface area contributed by atoms with Crippen molar-refractivity contribution in [3.05, 3.63) is 82.4 Å². The van der Waals surface area contributed by atoms with E-state index in [0.29, 0.717) is 11.6 Å². The summed E-state index contributed by atoms with van der Waals surface area (Å²) in [5.41, 5.74) is 3.11. The lowest BCUT2D eigenvalue weighted by Gasteiger charge is -2.26. The summed E-state index contributed by atoms with van der Waals surface area (Å²) in [7, 11) is 0. The molecule has 4 heteroatoms. The highest BCUT2D eigenvalue weighted by Gasteiger charge is 2.17. The van der Waals surface area contributed by atoms with Gasteiger partial charge in [-0.25, -0.2) is 0 Å². The predicted molar refractivity (Wildman–Crippen MR) is 97.7 cm³/mol. The van der Waals surface area contributed by atoms with Crippen molar-refractivity contribution >= 4 is 17.5 Å². The fraction of sp³-hybridized carbons (Fsp3) is 0.250. The van der Waals surface area contributed by atoms with E-state index in [0.717, 1.165) is 37.2 Å². The molecule has 0 fully saturated rings. The van der Waals surface area contributed by atoms with Crippen LogP contribution in [-0.4, -0.2) is 23.9 Å². The van der Waals surface area contributed by atoms with Gasteiger partial charge in [0, 0.05) is 36.8 Å². The SMILES string of the molecule is O=C(NCc1ccccc1Cl)C1=CCN(Cc2ccccc2)CC1. The summed E-state index contributed by atoms with van der Waals surface area (Å²) >= 11 is 6.12. The molecule has 3 nitrogen and oxygen atoms in total. The van der Waals surface area contributed by atoms with Crippen LogP contribution in [0.5, 0.6) is 0 Å². The first-order valence-electron chi connectivity index (χ1n) is 8.19. The molecule has 0 saturated carbocycles. The average molecular weight is 341 g/mol. The van der Waals surface area contributed by atoms with Gasteiger partial charge in [0.2, 0.25) is 5.91 Å². The second kappa shape index (κ2) is 8.13. The third kappa shape index (κ3) is 4.47. The van der Waals surface area contributed by atoms with Gasteiger partial charge in [-0.1, -0.05) is 66.2 Å².